The molecule has 0 spiro atoms. The van der Waals surface area contributed by atoms with Crippen molar-refractivity contribution < 1.29 is 5.11 Å². The summed E-state index contributed by atoms with van der Waals surface area (Å²) in [5, 5.41) is 13.6. The van der Waals surface area contributed by atoms with Crippen molar-refractivity contribution in [3.63, 3.8) is 0 Å². The first-order chi connectivity index (χ1) is 8.02. The Bertz CT molecular complexity index is 337. The molecule has 2 nitrogen and oxygen atoms in total. The summed E-state index contributed by atoms with van der Waals surface area (Å²) in [6.07, 6.45) is 0.815. The number of aliphatic hydroxyl groups is 1. The number of hydrogen-bond donors (Lipinski definition) is 2. The van der Waals surface area contributed by atoms with Crippen LogP contribution >= 0.6 is 23.2 Å². The van der Waals surface area contributed by atoms with E-state index in [1.807, 2.05) is 12.1 Å². The van der Waals surface area contributed by atoms with E-state index in [2.05, 4.69) is 19.2 Å². The van der Waals surface area contributed by atoms with Crippen LogP contribution in [0.1, 0.15) is 31.9 Å². The molecule has 1 aromatic rings. The van der Waals surface area contributed by atoms with E-state index in [1.54, 1.807) is 6.07 Å². The normalized spacial score (nSPS) is 14.6. The van der Waals surface area contributed by atoms with Crippen molar-refractivity contribution in [3.8, 4) is 0 Å². The van der Waals surface area contributed by atoms with E-state index >= 15 is 0 Å². The molecule has 96 valence electrons. The molecule has 2 unspecified atom stereocenters. The van der Waals surface area contributed by atoms with Gasteiger partial charge in [-0.2, -0.15) is 0 Å². The minimum Gasteiger partial charge on any atom is -0.396 e. The lowest BCUT2D eigenvalue weighted by molar-refractivity contribution is 0.258. The second-order valence-electron chi connectivity index (χ2n) is 4.45. The summed E-state index contributed by atoms with van der Waals surface area (Å²) in [6, 6.07) is 5.77. The van der Waals surface area contributed by atoms with Crippen molar-refractivity contribution in [2.45, 2.75) is 26.3 Å². The summed E-state index contributed by atoms with van der Waals surface area (Å²) in [5.74, 6) is 0.456. The molecule has 2 N–H and O–H groups in total. The largest absolute Gasteiger partial charge is 0.396 e. The number of benzene rings is 1. The van der Waals surface area contributed by atoms with Gasteiger partial charge in [0, 0.05) is 22.7 Å². The summed E-state index contributed by atoms with van der Waals surface area (Å²) in [4.78, 5) is 0. The highest BCUT2D eigenvalue weighted by Crippen LogP contribution is 2.23. The van der Waals surface area contributed by atoms with Gasteiger partial charge in [-0.15, -0.1) is 0 Å². The minimum atomic E-state index is 0.201. The van der Waals surface area contributed by atoms with Gasteiger partial charge in [0.15, 0.2) is 0 Å². The molecule has 0 saturated carbocycles. The molecule has 1 aromatic carbocycles. The highest BCUT2D eigenvalue weighted by molar-refractivity contribution is 6.34. The van der Waals surface area contributed by atoms with Crippen LogP contribution < -0.4 is 5.32 Å². The van der Waals surface area contributed by atoms with E-state index < -0.39 is 0 Å². The third-order valence-electron chi connectivity index (χ3n) is 2.78. The molecule has 0 amide bonds. The van der Waals surface area contributed by atoms with Crippen LogP contribution in [0.3, 0.4) is 0 Å². The van der Waals surface area contributed by atoms with Crippen molar-refractivity contribution in [1.29, 1.82) is 0 Å². The maximum absolute atomic E-state index is 8.83. The molecule has 0 saturated heterocycles. The van der Waals surface area contributed by atoms with Crippen LogP contribution in [0.4, 0.5) is 0 Å². The molecule has 17 heavy (non-hydrogen) atoms. The zero-order valence-corrected chi connectivity index (χ0v) is 11.7. The van der Waals surface area contributed by atoms with Crippen LogP contribution in [0.2, 0.25) is 10.0 Å². The highest BCUT2D eigenvalue weighted by atomic mass is 35.5. The average Bonchev–Trinajstić information content (AvgIpc) is 2.25. The number of halogens is 2. The summed E-state index contributed by atoms with van der Waals surface area (Å²) in [6.45, 7) is 5.29. The van der Waals surface area contributed by atoms with Gasteiger partial charge in [-0.25, -0.2) is 0 Å². The second kappa shape index (κ2) is 7.22. The summed E-state index contributed by atoms with van der Waals surface area (Å²) >= 11 is 11.9. The van der Waals surface area contributed by atoms with E-state index in [-0.39, 0.29) is 12.6 Å². The fraction of sp³-hybridized carbons (Fsp3) is 0.538. The first-order valence-corrected chi connectivity index (χ1v) is 6.58. The van der Waals surface area contributed by atoms with E-state index in [0.717, 1.165) is 18.5 Å². The Hall–Kier alpha value is -0.280. The van der Waals surface area contributed by atoms with Gasteiger partial charge >= 0.3 is 0 Å². The molecule has 0 aliphatic rings. The van der Waals surface area contributed by atoms with Crippen molar-refractivity contribution >= 4 is 23.2 Å². The number of aliphatic hydroxyl groups excluding tert-OH is 1. The Morgan fingerprint density at radius 1 is 1.18 bits per heavy atom. The molecule has 0 aliphatic carbocycles. The van der Waals surface area contributed by atoms with Crippen LogP contribution in [-0.4, -0.2) is 18.3 Å². The van der Waals surface area contributed by atoms with Crippen molar-refractivity contribution in [2.75, 3.05) is 13.2 Å². The van der Waals surface area contributed by atoms with E-state index in [1.165, 1.54) is 0 Å². The van der Waals surface area contributed by atoms with Crippen molar-refractivity contribution in [2.24, 2.45) is 5.92 Å². The predicted octanol–water partition coefficient (Wildman–Crippen LogP) is 3.66. The Morgan fingerprint density at radius 3 is 2.29 bits per heavy atom. The van der Waals surface area contributed by atoms with Gasteiger partial charge in [-0.05, 0) is 49.6 Å². The lowest BCUT2D eigenvalue weighted by atomic mass is 10.1. The average molecular weight is 276 g/mol. The SMILES string of the molecule is CC(CCO)CNC(C)c1cc(Cl)cc(Cl)c1. The fourth-order valence-electron chi connectivity index (χ4n) is 1.64. The standard InChI is InChI=1S/C13H19Cl2NO/c1-9(3-4-17)8-16-10(2)11-5-12(14)7-13(15)6-11/h5-7,9-10,16-17H,3-4,8H2,1-2H3. The molecule has 2 atom stereocenters. The van der Waals surface area contributed by atoms with E-state index in [0.29, 0.717) is 16.0 Å². The number of rotatable bonds is 6. The van der Waals surface area contributed by atoms with E-state index in [9.17, 15) is 0 Å². The fourth-order valence-corrected chi connectivity index (χ4v) is 2.19. The van der Waals surface area contributed by atoms with Gasteiger partial charge in [0.1, 0.15) is 0 Å². The molecular formula is C13H19Cl2NO. The van der Waals surface area contributed by atoms with Crippen molar-refractivity contribution in [3.05, 3.63) is 33.8 Å². The third kappa shape index (κ3) is 5.26. The lowest BCUT2D eigenvalue weighted by Gasteiger charge is -2.18. The lowest BCUT2D eigenvalue weighted by Crippen LogP contribution is -2.25. The topological polar surface area (TPSA) is 32.3 Å². The zero-order chi connectivity index (χ0) is 12.8. The first kappa shape index (κ1) is 14.8. The smallest absolute Gasteiger partial charge is 0.0434 e. The Kier molecular flexibility index (Phi) is 6.28. The Labute approximate surface area is 113 Å². The third-order valence-corrected chi connectivity index (χ3v) is 3.22. The summed E-state index contributed by atoms with van der Waals surface area (Å²) in [7, 11) is 0. The van der Waals surface area contributed by atoms with Crippen LogP contribution in [-0.2, 0) is 0 Å². The molecule has 1 rings (SSSR count). The van der Waals surface area contributed by atoms with Gasteiger partial charge < -0.3 is 10.4 Å². The predicted molar refractivity (Wildman–Crippen MR) is 73.7 cm³/mol. The van der Waals surface area contributed by atoms with Gasteiger partial charge in [-0.1, -0.05) is 30.1 Å². The quantitative estimate of drug-likeness (QED) is 0.831. The van der Waals surface area contributed by atoms with Gasteiger partial charge in [-0.3, -0.25) is 0 Å². The van der Waals surface area contributed by atoms with Gasteiger partial charge in [0.2, 0.25) is 0 Å². The van der Waals surface area contributed by atoms with Crippen LogP contribution in [0.15, 0.2) is 18.2 Å². The molecule has 0 heterocycles. The summed E-state index contributed by atoms with van der Waals surface area (Å²) < 4.78 is 0. The zero-order valence-electron chi connectivity index (χ0n) is 10.2. The molecule has 0 aromatic heterocycles. The van der Waals surface area contributed by atoms with Crippen LogP contribution in [0.5, 0.6) is 0 Å². The molecule has 0 bridgehead atoms. The molecule has 0 radical (unpaired) electrons. The first-order valence-electron chi connectivity index (χ1n) is 5.83. The molecule has 0 aliphatic heterocycles. The molecule has 0 fully saturated rings. The maximum atomic E-state index is 8.83. The maximum Gasteiger partial charge on any atom is 0.0434 e. The number of nitrogens with one attached hydrogen (secondary N) is 1. The summed E-state index contributed by atoms with van der Waals surface area (Å²) in [5.41, 5.74) is 1.08. The van der Waals surface area contributed by atoms with E-state index in [4.69, 9.17) is 28.3 Å². The molecule has 4 heteroatoms. The van der Waals surface area contributed by atoms with Crippen LogP contribution in [0.25, 0.3) is 0 Å². The molecular weight excluding hydrogens is 257 g/mol. The van der Waals surface area contributed by atoms with Crippen molar-refractivity contribution in [1.82, 2.24) is 5.32 Å². The monoisotopic (exact) mass is 275 g/mol. The van der Waals surface area contributed by atoms with Gasteiger partial charge in [0.25, 0.3) is 0 Å². The minimum absolute atomic E-state index is 0.201. The van der Waals surface area contributed by atoms with Crippen LogP contribution in [0, 0.1) is 5.92 Å². The second-order valence-corrected chi connectivity index (χ2v) is 5.32. The Balaban J connectivity index is 2.54. The number of hydrogen-bond acceptors (Lipinski definition) is 2. The Morgan fingerprint density at radius 2 is 1.76 bits per heavy atom. The van der Waals surface area contributed by atoms with Gasteiger partial charge in [0.05, 0.1) is 0 Å². The highest BCUT2D eigenvalue weighted by Gasteiger charge is 2.09.